The summed E-state index contributed by atoms with van der Waals surface area (Å²) in [4.78, 5) is 0. The Kier molecular flexibility index (Phi) is 8.08. The lowest BCUT2D eigenvalue weighted by Crippen LogP contribution is -2.33. The first kappa shape index (κ1) is 19.5. The fourth-order valence-corrected chi connectivity index (χ4v) is 2.92. The van der Waals surface area contributed by atoms with Crippen LogP contribution in [0, 0.1) is 17.2 Å². The quantitative estimate of drug-likeness (QED) is 0.604. The lowest BCUT2D eigenvalue weighted by Gasteiger charge is -2.33. The maximum Gasteiger partial charge on any atom is 0.157 e. The predicted molar refractivity (Wildman–Crippen MR) is 91.4 cm³/mol. The van der Waals surface area contributed by atoms with Crippen LogP contribution in [0.2, 0.25) is 0 Å². The summed E-state index contributed by atoms with van der Waals surface area (Å²) >= 11 is 0. The SMILES string of the molecule is CCOC(CCC(C#N)(c1ccccc1OC)C(C)C)OCC. The second-order valence-corrected chi connectivity index (χ2v) is 5.82. The van der Waals surface area contributed by atoms with Gasteiger partial charge in [-0.25, -0.2) is 0 Å². The Labute approximate surface area is 140 Å². The van der Waals surface area contributed by atoms with E-state index in [1.807, 2.05) is 38.1 Å². The highest BCUT2D eigenvalue weighted by Crippen LogP contribution is 2.41. The lowest BCUT2D eigenvalue weighted by molar-refractivity contribution is -0.141. The van der Waals surface area contributed by atoms with Crippen LogP contribution in [0.4, 0.5) is 0 Å². The van der Waals surface area contributed by atoms with Crippen LogP contribution >= 0.6 is 0 Å². The third-order valence-electron chi connectivity index (χ3n) is 4.25. The number of benzene rings is 1. The van der Waals surface area contributed by atoms with Gasteiger partial charge in [0.15, 0.2) is 6.29 Å². The molecule has 0 radical (unpaired) electrons. The van der Waals surface area contributed by atoms with Crippen molar-refractivity contribution in [2.75, 3.05) is 20.3 Å². The third kappa shape index (κ3) is 4.70. The highest BCUT2D eigenvalue weighted by Gasteiger charge is 2.38. The molecular weight excluding hydrogens is 290 g/mol. The molecule has 0 aliphatic carbocycles. The van der Waals surface area contributed by atoms with E-state index in [9.17, 15) is 5.26 Å². The number of para-hydroxylation sites is 1. The van der Waals surface area contributed by atoms with E-state index in [-0.39, 0.29) is 12.2 Å². The zero-order valence-corrected chi connectivity index (χ0v) is 15.0. The van der Waals surface area contributed by atoms with Crippen molar-refractivity contribution in [3.05, 3.63) is 29.8 Å². The second kappa shape index (κ2) is 9.54. The van der Waals surface area contributed by atoms with Gasteiger partial charge in [-0.3, -0.25) is 0 Å². The Hall–Kier alpha value is -1.57. The Morgan fingerprint density at radius 2 is 1.74 bits per heavy atom. The van der Waals surface area contributed by atoms with Crippen molar-refractivity contribution < 1.29 is 14.2 Å². The molecule has 0 bridgehead atoms. The summed E-state index contributed by atoms with van der Waals surface area (Å²) in [5.41, 5.74) is 0.311. The highest BCUT2D eigenvalue weighted by molar-refractivity contribution is 5.44. The van der Waals surface area contributed by atoms with Crippen molar-refractivity contribution in [3.8, 4) is 11.8 Å². The summed E-state index contributed by atoms with van der Waals surface area (Å²) in [5, 5.41) is 10.0. The van der Waals surface area contributed by atoms with E-state index < -0.39 is 5.41 Å². The van der Waals surface area contributed by atoms with Gasteiger partial charge >= 0.3 is 0 Å². The molecule has 0 amide bonds. The van der Waals surface area contributed by atoms with Crippen molar-refractivity contribution in [1.82, 2.24) is 0 Å². The van der Waals surface area contributed by atoms with Crippen molar-refractivity contribution in [3.63, 3.8) is 0 Å². The molecule has 0 spiro atoms. The van der Waals surface area contributed by atoms with Gasteiger partial charge in [0.1, 0.15) is 5.75 Å². The summed E-state index contributed by atoms with van der Waals surface area (Å²) in [6, 6.07) is 10.3. The van der Waals surface area contributed by atoms with E-state index in [1.165, 1.54) is 0 Å². The van der Waals surface area contributed by atoms with E-state index in [2.05, 4.69) is 19.9 Å². The van der Waals surface area contributed by atoms with Gasteiger partial charge in [0.2, 0.25) is 0 Å². The van der Waals surface area contributed by atoms with Crippen LogP contribution in [-0.4, -0.2) is 26.6 Å². The summed E-state index contributed by atoms with van der Waals surface area (Å²) < 4.78 is 16.8. The molecule has 1 aromatic carbocycles. The molecule has 0 aliphatic rings. The molecular formula is C19H29NO3. The van der Waals surface area contributed by atoms with Crippen LogP contribution in [0.3, 0.4) is 0 Å². The van der Waals surface area contributed by atoms with Gasteiger partial charge in [-0.15, -0.1) is 0 Å². The van der Waals surface area contributed by atoms with Crippen molar-refractivity contribution in [2.24, 2.45) is 5.92 Å². The Bertz CT molecular complexity index is 504. The van der Waals surface area contributed by atoms with Crippen LogP contribution in [0.5, 0.6) is 5.75 Å². The molecule has 1 aromatic rings. The van der Waals surface area contributed by atoms with Crippen LogP contribution < -0.4 is 4.74 Å². The number of hydrogen-bond donors (Lipinski definition) is 0. The zero-order chi connectivity index (χ0) is 17.3. The molecule has 1 unspecified atom stereocenters. The lowest BCUT2D eigenvalue weighted by atomic mass is 9.69. The third-order valence-corrected chi connectivity index (χ3v) is 4.25. The first-order valence-corrected chi connectivity index (χ1v) is 8.33. The van der Waals surface area contributed by atoms with Crippen LogP contribution in [0.15, 0.2) is 24.3 Å². The summed E-state index contributed by atoms with van der Waals surface area (Å²) in [5.74, 6) is 0.903. The van der Waals surface area contributed by atoms with Crippen molar-refractivity contribution >= 4 is 0 Å². The van der Waals surface area contributed by atoms with Crippen LogP contribution in [0.1, 0.15) is 46.1 Å². The minimum atomic E-state index is -0.626. The fraction of sp³-hybridized carbons (Fsp3) is 0.632. The van der Waals surface area contributed by atoms with Crippen LogP contribution in [-0.2, 0) is 14.9 Å². The van der Waals surface area contributed by atoms with Gasteiger partial charge in [0, 0.05) is 25.2 Å². The van der Waals surface area contributed by atoms with Gasteiger partial charge in [-0.1, -0.05) is 32.0 Å². The molecule has 0 saturated heterocycles. The summed E-state index contributed by atoms with van der Waals surface area (Å²) in [6.45, 7) is 9.25. The van der Waals surface area contributed by atoms with Gasteiger partial charge in [-0.05, 0) is 32.3 Å². The molecule has 0 aromatic heterocycles. The Balaban J connectivity index is 3.11. The molecule has 1 rings (SSSR count). The normalized spacial score (nSPS) is 13.8. The Morgan fingerprint density at radius 3 is 2.22 bits per heavy atom. The number of nitriles is 1. The summed E-state index contributed by atoms with van der Waals surface area (Å²) in [7, 11) is 1.64. The first-order valence-electron chi connectivity index (χ1n) is 8.33. The van der Waals surface area contributed by atoms with E-state index in [4.69, 9.17) is 14.2 Å². The van der Waals surface area contributed by atoms with Gasteiger partial charge in [-0.2, -0.15) is 5.26 Å². The number of rotatable bonds is 10. The minimum Gasteiger partial charge on any atom is -0.496 e. The second-order valence-electron chi connectivity index (χ2n) is 5.82. The molecule has 0 N–H and O–H groups in total. The fourth-order valence-electron chi connectivity index (χ4n) is 2.92. The van der Waals surface area contributed by atoms with Gasteiger partial charge in [0.25, 0.3) is 0 Å². The molecule has 0 saturated carbocycles. The molecule has 128 valence electrons. The smallest absolute Gasteiger partial charge is 0.157 e. The maximum absolute atomic E-state index is 10.0. The van der Waals surface area contributed by atoms with E-state index in [0.717, 1.165) is 11.3 Å². The average Bonchev–Trinajstić information content (AvgIpc) is 2.56. The summed E-state index contributed by atoms with van der Waals surface area (Å²) in [6.07, 6.45) is 1.06. The van der Waals surface area contributed by atoms with Crippen molar-refractivity contribution in [1.29, 1.82) is 5.26 Å². The molecule has 4 heteroatoms. The van der Waals surface area contributed by atoms with Crippen molar-refractivity contribution in [2.45, 2.75) is 52.2 Å². The molecule has 0 heterocycles. The number of methoxy groups -OCH3 is 1. The van der Waals surface area contributed by atoms with Gasteiger partial charge in [0.05, 0.1) is 18.6 Å². The van der Waals surface area contributed by atoms with Crippen LogP contribution in [0.25, 0.3) is 0 Å². The number of hydrogen-bond acceptors (Lipinski definition) is 4. The highest BCUT2D eigenvalue weighted by atomic mass is 16.7. The minimum absolute atomic E-state index is 0.146. The molecule has 0 aliphatic heterocycles. The molecule has 0 fully saturated rings. The first-order chi connectivity index (χ1) is 11.1. The number of nitrogens with zero attached hydrogens (tertiary/aromatic N) is 1. The molecule has 23 heavy (non-hydrogen) atoms. The topological polar surface area (TPSA) is 51.5 Å². The predicted octanol–water partition coefficient (Wildman–Crippen LogP) is 4.29. The van der Waals surface area contributed by atoms with E-state index in [0.29, 0.717) is 26.1 Å². The Morgan fingerprint density at radius 1 is 1.13 bits per heavy atom. The van der Waals surface area contributed by atoms with E-state index >= 15 is 0 Å². The largest absolute Gasteiger partial charge is 0.496 e. The van der Waals surface area contributed by atoms with Gasteiger partial charge < -0.3 is 14.2 Å². The number of ether oxygens (including phenoxy) is 3. The average molecular weight is 319 g/mol. The standard InChI is InChI=1S/C19H29NO3/c1-6-22-18(23-7-2)12-13-19(14-20,15(3)4)16-10-8-9-11-17(16)21-5/h8-11,15,18H,6-7,12-13H2,1-5H3. The monoisotopic (exact) mass is 319 g/mol. The zero-order valence-electron chi connectivity index (χ0n) is 15.0. The molecule has 4 nitrogen and oxygen atoms in total. The van der Waals surface area contributed by atoms with E-state index in [1.54, 1.807) is 7.11 Å². The molecule has 1 atom stereocenters. The maximum atomic E-state index is 10.0.